The maximum atomic E-state index is 10.0. The number of hydrogen-bond acceptors (Lipinski definition) is 5. The topological polar surface area (TPSA) is 68.2 Å². The zero-order valence-electron chi connectivity index (χ0n) is 18.6. The highest BCUT2D eigenvalue weighted by molar-refractivity contribution is 9.11. The van der Waals surface area contributed by atoms with Gasteiger partial charge >= 0.3 is 0 Å². The van der Waals surface area contributed by atoms with Crippen molar-refractivity contribution >= 4 is 75.3 Å². The highest BCUT2D eigenvalue weighted by Gasteiger charge is 2.27. The van der Waals surface area contributed by atoms with Crippen molar-refractivity contribution in [1.29, 1.82) is 0 Å². The van der Waals surface area contributed by atoms with E-state index >= 15 is 0 Å². The van der Waals surface area contributed by atoms with Crippen molar-refractivity contribution in [3.05, 3.63) is 53.3 Å². The van der Waals surface area contributed by atoms with Crippen molar-refractivity contribution in [3.8, 4) is 23.8 Å². The Morgan fingerprint density at radius 1 is 0.853 bits per heavy atom. The summed E-state index contributed by atoms with van der Waals surface area (Å²) >= 11 is 20.0. The van der Waals surface area contributed by atoms with Gasteiger partial charge in [0.1, 0.15) is 43.5 Å². The molecule has 34 heavy (non-hydrogen) atoms. The average Bonchev–Trinajstić information content (AvgIpc) is 2.77. The number of halogens is 5. The van der Waals surface area contributed by atoms with Gasteiger partial charge in [-0.2, -0.15) is 0 Å². The molecule has 0 aliphatic carbocycles. The van der Waals surface area contributed by atoms with Crippen LogP contribution in [-0.2, 0) is 10.2 Å². The summed E-state index contributed by atoms with van der Waals surface area (Å²) in [5.74, 6) is 3.63. The number of aliphatic hydroxyl groups excluding tert-OH is 2. The van der Waals surface area contributed by atoms with Crippen LogP contribution < -0.4 is 9.47 Å². The Kier molecular flexibility index (Phi) is 12.2. The third-order valence-electron chi connectivity index (χ3n) is 4.95. The molecular weight excluding hydrogens is 723 g/mol. The summed E-state index contributed by atoms with van der Waals surface area (Å²) in [5, 5.41) is 19.7. The van der Waals surface area contributed by atoms with E-state index in [1.165, 1.54) is 0 Å². The second-order valence-electron chi connectivity index (χ2n) is 7.97. The molecule has 0 unspecified atom stereocenters. The molecule has 2 atom stereocenters. The lowest BCUT2D eigenvalue weighted by molar-refractivity contribution is 0.0225. The van der Waals surface area contributed by atoms with Gasteiger partial charge < -0.3 is 24.4 Å². The number of hydrogen-bond donors (Lipinski definition) is 2. The fourth-order valence-corrected chi connectivity index (χ4v) is 5.91. The molecule has 0 spiro atoms. The molecule has 186 valence electrons. The van der Waals surface area contributed by atoms with Gasteiger partial charge in [0.25, 0.3) is 0 Å². The van der Waals surface area contributed by atoms with E-state index in [9.17, 15) is 10.2 Å². The lowest BCUT2D eigenvalue weighted by atomic mass is 9.78. The molecule has 5 nitrogen and oxygen atoms in total. The SMILES string of the molecule is C#CCOC[C@H](O)COc1c(Br)cc(C(C)(C)c2cc(Br)c(OC[C@H](O)CCl)c(Br)c2)cc1Br. The van der Waals surface area contributed by atoms with E-state index in [1.54, 1.807) is 0 Å². The van der Waals surface area contributed by atoms with Crippen LogP contribution in [-0.4, -0.2) is 54.7 Å². The van der Waals surface area contributed by atoms with Crippen LogP contribution in [0.2, 0.25) is 0 Å². The first-order valence-electron chi connectivity index (χ1n) is 10.2. The highest BCUT2D eigenvalue weighted by Crippen LogP contribution is 2.44. The molecule has 0 amide bonds. The Morgan fingerprint density at radius 2 is 1.26 bits per heavy atom. The van der Waals surface area contributed by atoms with Crippen molar-refractivity contribution in [2.75, 3.05) is 32.3 Å². The molecule has 2 N–H and O–H groups in total. The minimum Gasteiger partial charge on any atom is -0.488 e. The van der Waals surface area contributed by atoms with Crippen LogP contribution in [0.1, 0.15) is 25.0 Å². The van der Waals surface area contributed by atoms with Crippen LogP contribution in [0, 0.1) is 12.3 Å². The van der Waals surface area contributed by atoms with E-state index < -0.39 is 12.2 Å². The number of aliphatic hydroxyl groups is 2. The number of benzene rings is 2. The Balaban J connectivity index is 2.24. The molecular formula is C24H25Br4ClO5. The fourth-order valence-electron chi connectivity index (χ4n) is 2.99. The minimum atomic E-state index is -0.802. The van der Waals surface area contributed by atoms with Crippen LogP contribution in [0.25, 0.3) is 0 Å². The predicted octanol–water partition coefficient (Wildman–Crippen LogP) is 6.43. The van der Waals surface area contributed by atoms with Crippen molar-refractivity contribution in [2.45, 2.75) is 31.5 Å². The third-order valence-corrected chi connectivity index (χ3v) is 7.67. The molecule has 2 aromatic carbocycles. The number of ether oxygens (including phenoxy) is 3. The second kappa shape index (κ2) is 13.8. The van der Waals surface area contributed by atoms with Gasteiger partial charge in [-0.3, -0.25) is 0 Å². The van der Waals surface area contributed by atoms with E-state index in [-0.39, 0.29) is 37.7 Å². The van der Waals surface area contributed by atoms with Gasteiger partial charge in [-0.25, -0.2) is 0 Å². The highest BCUT2D eigenvalue weighted by atomic mass is 79.9. The van der Waals surface area contributed by atoms with E-state index in [4.69, 9.17) is 32.2 Å². The first-order chi connectivity index (χ1) is 16.0. The quantitative estimate of drug-likeness (QED) is 0.149. The molecule has 0 saturated heterocycles. The van der Waals surface area contributed by atoms with E-state index in [2.05, 4.69) is 83.5 Å². The smallest absolute Gasteiger partial charge is 0.147 e. The predicted molar refractivity (Wildman–Crippen MR) is 149 cm³/mol. The first-order valence-corrected chi connectivity index (χ1v) is 13.9. The average molecular weight is 749 g/mol. The molecule has 0 aliphatic rings. The van der Waals surface area contributed by atoms with Gasteiger partial charge in [0.2, 0.25) is 0 Å². The van der Waals surface area contributed by atoms with Gasteiger partial charge in [0.15, 0.2) is 0 Å². The normalized spacial score (nSPS) is 13.3. The number of alkyl halides is 1. The maximum absolute atomic E-state index is 10.0. The van der Waals surface area contributed by atoms with E-state index in [1.807, 2.05) is 24.3 Å². The van der Waals surface area contributed by atoms with Crippen LogP contribution in [0.4, 0.5) is 0 Å². The summed E-state index contributed by atoms with van der Waals surface area (Å²) in [7, 11) is 0. The molecule has 0 radical (unpaired) electrons. The van der Waals surface area contributed by atoms with E-state index in [0.717, 1.165) is 29.0 Å². The van der Waals surface area contributed by atoms with Crippen LogP contribution >= 0.6 is 75.3 Å². The molecule has 0 bridgehead atoms. The maximum Gasteiger partial charge on any atom is 0.147 e. The Morgan fingerprint density at radius 3 is 1.65 bits per heavy atom. The van der Waals surface area contributed by atoms with Crippen molar-refractivity contribution in [3.63, 3.8) is 0 Å². The monoisotopic (exact) mass is 744 g/mol. The van der Waals surface area contributed by atoms with Gasteiger partial charge in [0, 0.05) is 5.41 Å². The lowest BCUT2D eigenvalue weighted by Crippen LogP contribution is -2.24. The summed E-state index contributed by atoms with van der Waals surface area (Å²) in [4.78, 5) is 0. The molecule has 2 aromatic rings. The molecule has 0 aromatic heterocycles. The molecule has 0 aliphatic heterocycles. The molecule has 2 rings (SSSR count). The molecule has 0 fully saturated rings. The lowest BCUT2D eigenvalue weighted by Gasteiger charge is -2.28. The third kappa shape index (κ3) is 8.10. The van der Waals surface area contributed by atoms with Crippen LogP contribution in [0.3, 0.4) is 0 Å². The van der Waals surface area contributed by atoms with Crippen molar-refractivity contribution in [2.24, 2.45) is 0 Å². The van der Waals surface area contributed by atoms with Gasteiger partial charge in [0.05, 0.1) is 30.4 Å². The Bertz CT molecular complexity index is 979. The Hall–Kier alpha value is -0.310. The summed E-state index contributed by atoms with van der Waals surface area (Å²) in [6.45, 7) is 4.61. The zero-order valence-corrected chi connectivity index (χ0v) is 25.7. The molecule has 0 saturated carbocycles. The second-order valence-corrected chi connectivity index (χ2v) is 11.7. The molecule has 0 heterocycles. The number of terminal acetylenes is 1. The van der Waals surface area contributed by atoms with Gasteiger partial charge in [-0.05, 0) is 99.1 Å². The molecule has 10 heteroatoms. The Labute approximate surface area is 239 Å². The van der Waals surface area contributed by atoms with Crippen LogP contribution in [0.5, 0.6) is 11.5 Å². The summed E-state index contributed by atoms with van der Waals surface area (Å²) in [6.07, 6.45) is 3.59. The zero-order chi connectivity index (χ0) is 25.5. The summed E-state index contributed by atoms with van der Waals surface area (Å²) < 4.78 is 19.7. The number of rotatable bonds is 12. The van der Waals surface area contributed by atoms with Crippen molar-refractivity contribution < 1.29 is 24.4 Å². The fraction of sp³-hybridized carbons (Fsp3) is 0.417. The van der Waals surface area contributed by atoms with Gasteiger partial charge in [-0.15, -0.1) is 18.0 Å². The summed E-state index contributed by atoms with van der Waals surface area (Å²) in [5.41, 5.74) is 1.68. The van der Waals surface area contributed by atoms with Crippen molar-refractivity contribution in [1.82, 2.24) is 0 Å². The largest absolute Gasteiger partial charge is 0.488 e. The summed E-state index contributed by atoms with van der Waals surface area (Å²) in [6, 6.07) is 7.96. The van der Waals surface area contributed by atoms with Crippen LogP contribution in [0.15, 0.2) is 42.2 Å². The van der Waals surface area contributed by atoms with Gasteiger partial charge in [-0.1, -0.05) is 19.8 Å². The minimum absolute atomic E-state index is 0.0598. The van der Waals surface area contributed by atoms with E-state index in [0.29, 0.717) is 11.5 Å². The standard InChI is InChI=1S/C24H25Br4ClO5/c1-4-5-32-11-17(31)13-34-23-20(27)8-15(9-21(23)28)24(2,3)14-6-18(25)22(19(26)7-14)33-12-16(30)10-29/h1,6-9,16-17,30-31H,5,10-13H2,2-3H3/t16-,17+/m1/s1. The first kappa shape index (κ1) is 29.9.